The van der Waals surface area contributed by atoms with Crippen molar-refractivity contribution in [1.82, 2.24) is 4.90 Å². The lowest BCUT2D eigenvalue weighted by atomic mass is 9.76. The average Bonchev–Trinajstić information content (AvgIpc) is 3.06. The van der Waals surface area contributed by atoms with Gasteiger partial charge in [-0.1, -0.05) is 13.8 Å². The molecule has 1 aliphatic heterocycles. The number of hydrogen-bond acceptors (Lipinski definition) is 4. The molecular weight excluding hydrogens is 341 g/mol. The number of benzene rings is 1. The number of carboxylic acids is 1. The highest BCUT2D eigenvalue weighted by molar-refractivity contribution is 5.98. The fourth-order valence-electron chi connectivity index (χ4n) is 3.30. The van der Waals surface area contributed by atoms with Crippen LogP contribution < -0.4 is 4.74 Å². The molecule has 0 spiro atoms. The smallest absolute Gasteiger partial charge is 0.311 e. The standard InChI is InChI=1S/C19H24FNO5/c1-12(2)19(18(24)25)8-9-21(11-19)17(23)7-5-15(22)13-4-6-16(26-3)14(20)10-13/h4,6,10,12H,5,7-9,11H2,1-3H3,(H,24,25). The van der Waals surface area contributed by atoms with E-state index >= 15 is 0 Å². The van der Waals surface area contributed by atoms with Gasteiger partial charge < -0.3 is 14.7 Å². The van der Waals surface area contributed by atoms with Gasteiger partial charge in [-0.2, -0.15) is 0 Å². The summed E-state index contributed by atoms with van der Waals surface area (Å²) in [6.45, 7) is 4.20. The number of hydrogen-bond donors (Lipinski definition) is 1. The maximum absolute atomic E-state index is 13.7. The lowest BCUT2D eigenvalue weighted by Gasteiger charge is -2.28. The predicted octanol–water partition coefficient (Wildman–Crippen LogP) is 2.76. The normalized spacial score (nSPS) is 19.7. The molecule has 1 unspecified atom stereocenters. The SMILES string of the molecule is COc1ccc(C(=O)CCC(=O)N2CCC(C(=O)O)(C(C)C)C2)cc1F. The number of ether oxygens (including phenoxy) is 1. The Labute approximate surface area is 151 Å². The summed E-state index contributed by atoms with van der Waals surface area (Å²) in [5.74, 6) is -2.17. The van der Waals surface area contributed by atoms with E-state index in [9.17, 15) is 23.9 Å². The number of amides is 1. The van der Waals surface area contributed by atoms with Crippen LogP contribution in [-0.2, 0) is 9.59 Å². The Morgan fingerprint density at radius 1 is 1.31 bits per heavy atom. The number of Topliss-reactive ketones (excluding diaryl/α,β-unsaturated/α-hetero) is 1. The zero-order chi connectivity index (χ0) is 19.5. The average molecular weight is 365 g/mol. The summed E-state index contributed by atoms with van der Waals surface area (Å²) in [5.41, 5.74) is -0.752. The van der Waals surface area contributed by atoms with Crippen molar-refractivity contribution in [3.63, 3.8) is 0 Å². The molecule has 2 rings (SSSR count). The van der Waals surface area contributed by atoms with Crippen LogP contribution in [0.15, 0.2) is 18.2 Å². The molecule has 0 bridgehead atoms. The van der Waals surface area contributed by atoms with Gasteiger partial charge >= 0.3 is 5.97 Å². The second-order valence-corrected chi connectivity index (χ2v) is 6.95. The molecule has 1 atom stereocenters. The minimum absolute atomic E-state index is 0.0275. The lowest BCUT2D eigenvalue weighted by Crippen LogP contribution is -2.40. The van der Waals surface area contributed by atoms with Crippen molar-refractivity contribution < 1.29 is 28.6 Å². The monoisotopic (exact) mass is 365 g/mol. The maximum Gasteiger partial charge on any atom is 0.311 e. The number of nitrogens with zero attached hydrogens (tertiary/aromatic N) is 1. The molecule has 0 radical (unpaired) electrons. The topological polar surface area (TPSA) is 83.9 Å². The molecule has 0 saturated carbocycles. The summed E-state index contributed by atoms with van der Waals surface area (Å²) in [6, 6.07) is 3.92. The third-order valence-electron chi connectivity index (χ3n) is 5.22. The summed E-state index contributed by atoms with van der Waals surface area (Å²) >= 11 is 0. The van der Waals surface area contributed by atoms with Gasteiger partial charge in [-0.05, 0) is 30.5 Å². The number of rotatable bonds is 7. The molecule has 6 nitrogen and oxygen atoms in total. The van der Waals surface area contributed by atoms with Crippen LogP contribution >= 0.6 is 0 Å². The van der Waals surface area contributed by atoms with Crippen LogP contribution in [0.1, 0.15) is 43.5 Å². The highest BCUT2D eigenvalue weighted by Crippen LogP contribution is 2.38. The first-order chi connectivity index (χ1) is 12.2. The Morgan fingerprint density at radius 2 is 2.00 bits per heavy atom. The van der Waals surface area contributed by atoms with Crippen LogP contribution in [-0.4, -0.2) is 47.9 Å². The Kier molecular flexibility index (Phi) is 6.00. The van der Waals surface area contributed by atoms with Crippen molar-refractivity contribution in [2.24, 2.45) is 11.3 Å². The second kappa shape index (κ2) is 7.85. The molecule has 1 fully saturated rings. The second-order valence-electron chi connectivity index (χ2n) is 6.95. The summed E-state index contributed by atoms with van der Waals surface area (Å²) in [5, 5.41) is 9.53. The first kappa shape index (κ1) is 19.9. The number of carbonyl (C=O) groups is 3. The largest absolute Gasteiger partial charge is 0.494 e. The predicted molar refractivity (Wildman–Crippen MR) is 92.6 cm³/mol. The third-order valence-corrected chi connectivity index (χ3v) is 5.22. The zero-order valence-corrected chi connectivity index (χ0v) is 15.3. The van der Waals surface area contributed by atoms with Gasteiger partial charge in [-0.25, -0.2) is 4.39 Å². The molecule has 1 N–H and O–H groups in total. The minimum Gasteiger partial charge on any atom is -0.494 e. The summed E-state index contributed by atoms with van der Waals surface area (Å²) < 4.78 is 18.5. The molecule has 1 heterocycles. The number of likely N-dealkylation sites (tertiary alicyclic amines) is 1. The summed E-state index contributed by atoms with van der Waals surface area (Å²) in [6.07, 6.45) is 0.326. The first-order valence-corrected chi connectivity index (χ1v) is 8.59. The van der Waals surface area contributed by atoms with Crippen LogP contribution in [0.3, 0.4) is 0 Å². The van der Waals surface area contributed by atoms with Gasteiger partial charge in [0, 0.05) is 31.5 Å². The van der Waals surface area contributed by atoms with Crippen molar-refractivity contribution >= 4 is 17.7 Å². The molecular formula is C19H24FNO5. The van der Waals surface area contributed by atoms with Crippen molar-refractivity contribution in [2.45, 2.75) is 33.1 Å². The van der Waals surface area contributed by atoms with Gasteiger partial charge in [0.25, 0.3) is 0 Å². The number of ketones is 1. The highest BCUT2D eigenvalue weighted by Gasteiger charge is 2.48. The van der Waals surface area contributed by atoms with Crippen molar-refractivity contribution in [2.75, 3.05) is 20.2 Å². The minimum atomic E-state index is -0.932. The Hall–Kier alpha value is -2.44. The van der Waals surface area contributed by atoms with Crippen LogP contribution in [0.5, 0.6) is 5.75 Å². The molecule has 0 aromatic heterocycles. The van der Waals surface area contributed by atoms with E-state index < -0.39 is 17.2 Å². The summed E-state index contributed by atoms with van der Waals surface area (Å²) in [4.78, 5) is 37.7. The molecule has 1 aromatic carbocycles. The number of methoxy groups -OCH3 is 1. The van der Waals surface area contributed by atoms with Gasteiger partial charge in [0.1, 0.15) is 0 Å². The molecule has 1 aliphatic rings. The van der Waals surface area contributed by atoms with Crippen LogP contribution in [0, 0.1) is 17.2 Å². The van der Waals surface area contributed by atoms with Gasteiger partial charge in [0.05, 0.1) is 12.5 Å². The number of halogens is 1. The van der Waals surface area contributed by atoms with E-state index in [1.165, 1.54) is 24.1 Å². The van der Waals surface area contributed by atoms with Gasteiger partial charge in [0.15, 0.2) is 17.3 Å². The number of carbonyl (C=O) groups excluding carboxylic acids is 2. The number of aliphatic carboxylic acids is 1. The van der Waals surface area contributed by atoms with Gasteiger partial charge in [-0.15, -0.1) is 0 Å². The van der Waals surface area contributed by atoms with Gasteiger partial charge in [0.2, 0.25) is 5.91 Å². The van der Waals surface area contributed by atoms with Crippen LogP contribution in [0.4, 0.5) is 4.39 Å². The molecule has 0 aliphatic carbocycles. The molecule has 1 aromatic rings. The Morgan fingerprint density at radius 3 is 2.50 bits per heavy atom. The molecule has 1 amide bonds. The number of carboxylic acid groups (broad SMARTS) is 1. The van der Waals surface area contributed by atoms with Crippen molar-refractivity contribution in [3.05, 3.63) is 29.6 Å². The van der Waals surface area contributed by atoms with Crippen molar-refractivity contribution in [3.8, 4) is 5.75 Å². The van der Waals surface area contributed by atoms with E-state index in [-0.39, 0.29) is 48.3 Å². The fourth-order valence-corrected chi connectivity index (χ4v) is 3.30. The van der Waals surface area contributed by atoms with E-state index in [1.807, 2.05) is 13.8 Å². The van der Waals surface area contributed by atoms with E-state index in [0.29, 0.717) is 13.0 Å². The van der Waals surface area contributed by atoms with Crippen molar-refractivity contribution in [1.29, 1.82) is 0 Å². The lowest BCUT2D eigenvalue weighted by molar-refractivity contribution is -0.151. The molecule has 26 heavy (non-hydrogen) atoms. The quantitative estimate of drug-likeness (QED) is 0.751. The fraction of sp³-hybridized carbons (Fsp3) is 0.526. The van der Waals surface area contributed by atoms with E-state index in [2.05, 4.69) is 0 Å². The molecule has 1 saturated heterocycles. The van der Waals surface area contributed by atoms with E-state index in [1.54, 1.807) is 0 Å². The maximum atomic E-state index is 13.7. The zero-order valence-electron chi connectivity index (χ0n) is 15.3. The highest BCUT2D eigenvalue weighted by atomic mass is 19.1. The van der Waals surface area contributed by atoms with Crippen LogP contribution in [0.2, 0.25) is 0 Å². The first-order valence-electron chi connectivity index (χ1n) is 8.59. The molecule has 7 heteroatoms. The molecule has 142 valence electrons. The Bertz CT molecular complexity index is 718. The van der Waals surface area contributed by atoms with Gasteiger partial charge in [-0.3, -0.25) is 14.4 Å². The van der Waals surface area contributed by atoms with E-state index in [4.69, 9.17) is 4.74 Å². The summed E-state index contributed by atoms with van der Waals surface area (Å²) in [7, 11) is 1.34. The third kappa shape index (κ3) is 3.86. The van der Waals surface area contributed by atoms with E-state index in [0.717, 1.165) is 6.07 Å². The van der Waals surface area contributed by atoms with Crippen LogP contribution in [0.25, 0.3) is 0 Å². The Balaban J connectivity index is 1.96.